The summed E-state index contributed by atoms with van der Waals surface area (Å²) < 4.78 is 0. The normalized spacial score (nSPS) is 30.1. The van der Waals surface area contributed by atoms with Gasteiger partial charge in [-0.2, -0.15) is 0 Å². The molecule has 98 valence electrons. The Morgan fingerprint density at radius 1 is 1.39 bits per heavy atom. The average molecular weight is 265 g/mol. The van der Waals surface area contributed by atoms with Crippen LogP contribution in [0.1, 0.15) is 31.4 Å². The second-order valence-electron chi connectivity index (χ2n) is 5.88. The van der Waals surface area contributed by atoms with Crippen LogP contribution in [0.4, 0.5) is 0 Å². The molecular weight excluding hydrogens is 244 g/mol. The highest BCUT2D eigenvalue weighted by Crippen LogP contribution is 2.39. The van der Waals surface area contributed by atoms with E-state index in [0.29, 0.717) is 11.5 Å². The summed E-state index contributed by atoms with van der Waals surface area (Å²) in [7, 11) is 0. The topological polar surface area (TPSA) is 15.3 Å². The summed E-state index contributed by atoms with van der Waals surface area (Å²) in [6.45, 7) is 7.14. The van der Waals surface area contributed by atoms with Crippen LogP contribution in [0.15, 0.2) is 24.3 Å². The van der Waals surface area contributed by atoms with Crippen LogP contribution >= 0.6 is 11.6 Å². The molecule has 2 saturated heterocycles. The number of rotatable bonds is 2. The van der Waals surface area contributed by atoms with Crippen molar-refractivity contribution >= 4 is 11.6 Å². The maximum atomic E-state index is 6.09. The minimum atomic E-state index is 0.476. The van der Waals surface area contributed by atoms with Gasteiger partial charge >= 0.3 is 0 Å². The molecule has 2 atom stereocenters. The van der Waals surface area contributed by atoms with Crippen LogP contribution in [0.2, 0.25) is 5.02 Å². The van der Waals surface area contributed by atoms with Crippen molar-refractivity contribution in [2.45, 2.75) is 25.8 Å². The van der Waals surface area contributed by atoms with E-state index >= 15 is 0 Å². The molecule has 3 rings (SSSR count). The predicted octanol–water partition coefficient (Wildman–Crippen LogP) is 3.09. The van der Waals surface area contributed by atoms with Gasteiger partial charge in [-0.3, -0.25) is 4.90 Å². The van der Waals surface area contributed by atoms with Crippen LogP contribution in [0.5, 0.6) is 0 Å². The third-order valence-corrected chi connectivity index (χ3v) is 4.91. The van der Waals surface area contributed by atoms with Crippen LogP contribution in [0.3, 0.4) is 0 Å². The standard InChI is InChI=1S/C15H21ClN2/c1-12(13-3-2-4-14(16)9-13)18-8-6-15(11-18)5-7-17-10-15/h2-4,9,12,17H,5-8,10-11H2,1H3. The van der Waals surface area contributed by atoms with E-state index in [1.54, 1.807) is 0 Å². The zero-order chi connectivity index (χ0) is 12.6. The summed E-state index contributed by atoms with van der Waals surface area (Å²) in [5.74, 6) is 0. The first-order valence-electron chi connectivity index (χ1n) is 6.89. The molecule has 2 nitrogen and oxygen atoms in total. The summed E-state index contributed by atoms with van der Waals surface area (Å²) >= 11 is 6.09. The Kier molecular flexibility index (Phi) is 3.35. The second kappa shape index (κ2) is 4.84. The van der Waals surface area contributed by atoms with Gasteiger partial charge in [0, 0.05) is 24.2 Å². The van der Waals surface area contributed by atoms with Gasteiger partial charge in [0.05, 0.1) is 0 Å². The quantitative estimate of drug-likeness (QED) is 0.883. The SMILES string of the molecule is CC(c1cccc(Cl)c1)N1CCC2(CCNC2)C1. The van der Waals surface area contributed by atoms with Gasteiger partial charge < -0.3 is 5.32 Å². The Balaban J connectivity index is 1.72. The van der Waals surface area contributed by atoms with Crippen LogP contribution in [-0.2, 0) is 0 Å². The molecule has 0 saturated carbocycles. The van der Waals surface area contributed by atoms with E-state index in [9.17, 15) is 0 Å². The van der Waals surface area contributed by atoms with Crippen molar-refractivity contribution in [1.82, 2.24) is 10.2 Å². The summed E-state index contributed by atoms with van der Waals surface area (Å²) in [5, 5.41) is 4.36. The Hall–Kier alpha value is -0.570. The number of halogens is 1. The van der Waals surface area contributed by atoms with Gasteiger partial charge in [-0.05, 0) is 56.0 Å². The van der Waals surface area contributed by atoms with Crippen LogP contribution < -0.4 is 5.32 Å². The zero-order valence-corrected chi connectivity index (χ0v) is 11.7. The molecule has 18 heavy (non-hydrogen) atoms. The van der Waals surface area contributed by atoms with Gasteiger partial charge in [0.2, 0.25) is 0 Å². The minimum Gasteiger partial charge on any atom is -0.316 e. The van der Waals surface area contributed by atoms with Crippen LogP contribution in [-0.4, -0.2) is 31.1 Å². The van der Waals surface area contributed by atoms with E-state index in [1.807, 2.05) is 6.07 Å². The van der Waals surface area contributed by atoms with Crippen molar-refractivity contribution in [3.63, 3.8) is 0 Å². The van der Waals surface area contributed by atoms with Gasteiger partial charge in [-0.25, -0.2) is 0 Å². The molecule has 2 fully saturated rings. The lowest BCUT2D eigenvalue weighted by Crippen LogP contribution is -2.30. The van der Waals surface area contributed by atoms with E-state index in [4.69, 9.17) is 11.6 Å². The molecule has 2 aliphatic rings. The third-order valence-electron chi connectivity index (χ3n) is 4.68. The number of hydrogen-bond donors (Lipinski definition) is 1. The first-order valence-corrected chi connectivity index (χ1v) is 7.27. The van der Waals surface area contributed by atoms with Gasteiger partial charge in [-0.1, -0.05) is 23.7 Å². The maximum Gasteiger partial charge on any atom is 0.0409 e. The molecule has 0 bridgehead atoms. The van der Waals surface area contributed by atoms with Gasteiger partial charge in [0.25, 0.3) is 0 Å². The van der Waals surface area contributed by atoms with Crippen LogP contribution in [0.25, 0.3) is 0 Å². The summed E-state index contributed by atoms with van der Waals surface area (Å²) in [4.78, 5) is 2.61. The van der Waals surface area contributed by atoms with E-state index in [1.165, 1.54) is 44.6 Å². The smallest absolute Gasteiger partial charge is 0.0409 e. The fourth-order valence-corrected chi connectivity index (χ4v) is 3.62. The highest BCUT2D eigenvalue weighted by atomic mass is 35.5. The Bertz CT molecular complexity index is 426. The summed E-state index contributed by atoms with van der Waals surface area (Å²) in [6, 6.07) is 8.77. The van der Waals surface area contributed by atoms with Gasteiger partial charge in [0.1, 0.15) is 0 Å². The van der Waals surface area contributed by atoms with Crippen LogP contribution in [0, 0.1) is 5.41 Å². The van der Waals surface area contributed by atoms with Crippen molar-refractivity contribution in [1.29, 1.82) is 0 Å². The fraction of sp³-hybridized carbons (Fsp3) is 0.600. The van der Waals surface area contributed by atoms with E-state index in [-0.39, 0.29) is 0 Å². The molecule has 2 unspecified atom stereocenters. The lowest BCUT2D eigenvalue weighted by Gasteiger charge is -2.27. The minimum absolute atomic E-state index is 0.476. The second-order valence-corrected chi connectivity index (χ2v) is 6.31. The molecule has 0 aliphatic carbocycles. The lowest BCUT2D eigenvalue weighted by molar-refractivity contribution is 0.224. The van der Waals surface area contributed by atoms with E-state index in [2.05, 4.69) is 35.3 Å². The maximum absolute atomic E-state index is 6.09. The predicted molar refractivity (Wildman–Crippen MR) is 76.0 cm³/mol. The Morgan fingerprint density at radius 2 is 2.28 bits per heavy atom. The van der Waals surface area contributed by atoms with Gasteiger partial charge in [-0.15, -0.1) is 0 Å². The monoisotopic (exact) mass is 264 g/mol. The van der Waals surface area contributed by atoms with Gasteiger partial charge in [0.15, 0.2) is 0 Å². The average Bonchev–Trinajstić information content (AvgIpc) is 3.00. The van der Waals surface area contributed by atoms with Crippen molar-refractivity contribution in [3.05, 3.63) is 34.9 Å². The number of likely N-dealkylation sites (tertiary alicyclic amines) is 1. The number of hydrogen-bond acceptors (Lipinski definition) is 2. The van der Waals surface area contributed by atoms with Crippen molar-refractivity contribution < 1.29 is 0 Å². The molecule has 0 aromatic heterocycles. The Labute approximate surface area is 114 Å². The molecular formula is C15H21ClN2. The number of benzene rings is 1. The summed E-state index contributed by atoms with van der Waals surface area (Å²) in [6.07, 6.45) is 2.68. The molecule has 2 aliphatic heterocycles. The lowest BCUT2D eigenvalue weighted by atomic mass is 9.86. The fourth-order valence-electron chi connectivity index (χ4n) is 3.42. The molecule has 1 aromatic rings. The first kappa shape index (κ1) is 12.5. The molecule has 1 spiro atoms. The van der Waals surface area contributed by atoms with Crippen molar-refractivity contribution in [2.75, 3.05) is 26.2 Å². The van der Waals surface area contributed by atoms with Crippen molar-refractivity contribution in [3.8, 4) is 0 Å². The number of nitrogens with zero attached hydrogens (tertiary/aromatic N) is 1. The largest absolute Gasteiger partial charge is 0.316 e. The highest BCUT2D eigenvalue weighted by molar-refractivity contribution is 6.30. The molecule has 0 radical (unpaired) electrons. The Morgan fingerprint density at radius 3 is 3.00 bits per heavy atom. The molecule has 2 heterocycles. The molecule has 1 aromatic carbocycles. The summed E-state index contributed by atoms with van der Waals surface area (Å²) in [5.41, 5.74) is 1.89. The molecule has 3 heteroatoms. The van der Waals surface area contributed by atoms with E-state index < -0.39 is 0 Å². The number of nitrogens with one attached hydrogen (secondary N) is 1. The van der Waals surface area contributed by atoms with E-state index in [0.717, 1.165) is 5.02 Å². The zero-order valence-electron chi connectivity index (χ0n) is 11.0. The third kappa shape index (κ3) is 2.29. The highest BCUT2D eigenvalue weighted by Gasteiger charge is 2.41. The first-order chi connectivity index (χ1) is 8.69. The molecule has 0 amide bonds. The molecule has 1 N–H and O–H groups in total. The van der Waals surface area contributed by atoms with Crippen molar-refractivity contribution in [2.24, 2.45) is 5.41 Å².